The van der Waals surface area contributed by atoms with Crippen LogP contribution >= 0.6 is 0 Å². The summed E-state index contributed by atoms with van der Waals surface area (Å²) in [5, 5.41) is 2.82. The molecule has 20 heavy (non-hydrogen) atoms. The van der Waals surface area contributed by atoms with E-state index in [2.05, 4.69) is 10.3 Å². The molecule has 0 saturated carbocycles. The third-order valence-electron chi connectivity index (χ3n) is 2.47. The van der Waals surface area contributed by atoms with E-state index in [0.29, 0.717) is 18.0 Å². The number of ether oxygens (including phenoxy) is 1. The van der Waals surface area contributed by atoms with E-state index >= 15 is 0 Å². The number of anilines is 1. The second-order valence-electron chi connectivity index (χ2n) is 4.60. The molecule has 1 amide bonds. The van der Waals surface area contributed by atoms with Crippen molar-refractivity contribution < 1.29 is 9.53 Å². The highest BCUT2D eigenvalue weighted by molar-refractivity contribution is 5.92. The van der Waals surface area contributed by atoms with Crippen molar-refractivity contribution in [3.8, 4) is 11.5 Å². The van der Waals surface area contributed by atoms with Gasteiger partial charge in [0.2, 0.25) is 5.91 Å². The highest BCUT2D eigenvalue weighted by Crippen LogP contribution is 2.21. The van der Waals surface area contributed by atoms with Gasteiger partial charge in [-0.2, -0.15) is 0 Å². The third kappa shape index (κ3) is 4.37. The Hall–Kier alpha value is -2.40. The Kier molecular flexibility index (Phi) is 4.68. The molecule has 0 aliphatic heterocycles. The Morgan fingerprint density at radius 3 is 2.55 bits per heavy atom. The molecule has 0 aliphatic carbocycles. The average Bonchev–Trinajstić information content (AvgIpc) is 2.41. The third-order valence-corrected chi connectivity index (χ3v) is 2.47. The van der Waals surface area contributed by atoms with Gasteiger partial charge in [-0.1, -0.05) is 0 Å². The maximum atomic E-state index is 11.6. The van der Waals surface area contributed by atoms with Gasteiger partial charge in [-0.05, 0) is 50.5 Å². The van der Waals surface area contributed by atoms with Crippen LogP contribution in [0.5, 0.6) is 11.5 Å². The molecule has 2 rings (SSSR count). The first kappa shape index (κ1) is 14.0. The molecule has 0 fully saturated rings. The fraction of sp³-hybridized carbons (Fsp3) is 0.200. The van der Waals surface area contributed by atoms with Crippen LogP contribution in [0.2, 0.25) is 0 Å². The van der Waals surface area contributed by atoms with E-state index in [1.807, 2.05) is 31.1 Å². The molecule has 0 unspecified atom stereocenters. The number of rotatable bonds is 5. The van der Waals surface area contributed by atoms with Gasteiger partial charge in [-0.3, -0.25) is 9.78 Å². The average molecular weight is 271 g/mol. The van der Waals surface area contributed by atoms with Crippen molar-refractivity contribution in [3.63, 3.8) is 0 Å². The molecule has 1 aromatic carbocycles. The predicted molar refractivity (Wildman–Crippen MR) is 77.9 cm³/mol. The molecule has 0 bridgehead atoms. The van der Waals surface area contributed by atoms with Crippen molar-refractivity contribution in [1.82, 2.24) is 9.88 Å². The van der Waals surface area contributed by atoms with Crippen molar-refractivity contribution in [3.05, 3.63) is 48.8 Å². The number of hydrogen-bond acceptors (Lipinski definition) is 4. The van der Waals surface area contributed by atoms with Crippen LogP contribution in [0.25, 0.3) is 0 Å². The van der Waals surface area contributed by atoms with Crippen LogP contribution in [-0.4, -0.2) is 36.4 Å². The van der Waals surface area contributed by atoms with Crippen molar-refractivity contribution in [2.24, 2.45) is 0 Å². The summed E-state index contributed by atoms with van der Waals surface area (Å²) in [5.41, 5.74) is 0.746. The second-order valence-corrected chi connectivity index (χ2v) is 4.60. The number of nitrogens with zero attached hydrogens (tertiary/aromatic N) is 2. The SMILES string of the molecule is CN(C)CC(=O)Nc1ccc(Oc2cccnc2)cc1. The molecule has 0 spiro atoms. The fourth-order valence-corrected chi connectivity index (χ4v) is 1.64. The molecule has 5 heteroatoms. The van der Waals surface area contributed by atoms with Gasteiger partial charge in [0.1, 0.15) is 11.5 Å². The summed E-state index contributed by atoms with van der Waals surface area (Å²) in [7, 11) is 3.70. The van der Waals surface area contributed by atoms with Crippen LogP contribution in [0.15, 0.2) is 48.8 Å². The zero-order valence-electron chi connectivity index (χ0n) is 11.5. The summed E-state index contributed by atoms with van der Waals surface area (Å²) in [6.07, 6.45) is 3.34. The van der Waals surface area contributed by atoms with Crippen LogP contribution in [0.1, 0.15) is 0 Å². The van der Waals surface area contributed by atoms with E-state index in [9.17, 15) is 4.79 Å². The molecule has 104 valence electrons. The van der Waals surface area contributed by atoms with Gasteiger partial charge in [0.15, 0.2) is 0 Å². The van der Waals surface area contributed by atoms with Gasteiger partial charge in [0, 0.05) is 11.9 Å². The Morgan fingerprint density at radius 1 is 1.20 bits per heavy atom. The highest BCUT2D eigenvalue weighted by atomic mass is 16.5. The van der Waals surface area contributed by atoms with Gasteiger partial charge in [-0.15, -0.1) is 0 Å². The summed E-state index contributed by atoms with van der Waals surface area (Å²) in [6, 6.07) is 10.9. The first-order valence-electron chi connectivity index (χ1n) is 6.26. The first-order chi connectivity index (χ1) is 9.63. The number of hydrogen-bond donors (Lipinski definition) is 1. The van der Waals surface area contributed by atoms with E-state index in [1.54, 1.807) is 36.7 Å². The standard InChI is InChI=1S/C15H17N3O2/c1-18(2)11-15(19)17-12-5-7-13(8-6-12)20-14-4-3-9-16-10-14/h3-10H,11H2,1-2H3,(H,17,19). The Balaban J connectivity index is 1.94. The molecule has 0 atom stereocenters. The van der Waals surface area contributed by atoms with E-state index in [4.69, 9.17) is 4.74 Å². The minimum Gasteiger partial charge on any atom is -0.456 e. The minimum absolute atomic E-state index is 0.0454. The number of carbonyl (C=O) groups is 1. The van der Waals surface area contributed by atoms with Crippen molar-refractivity contribution in [2.45, 2.75) is 0 Å². The summed E-state index contributed by atoms with van der Waals surface area (Å²) in [6.45, 7) is 0.355. The number of pyridine rings is 1. The molecule has 0 aliphatic rings. The van der Waals surface area contributed by atoms with Crippen LogP contribution in [0.4, 0.5) is 5.69 Å². The monoisotopic (exact) mass is 271 g/mol. The quantitative estimate of drug-likeness (QED) is 0.907. The predicted octanol–water partition coefficient (Wildman–Crippen LogP) is 2.37. The lowest BCUT2D eigenvalue weighted by molar-refractivity contribution is -0.116. The Labute approximate surface area is 118 Å². The zero-order valence-corrected chi connectivity index (χ0v) is 11.5. The summed E-state index contributed by atoms with van der Waals surface area (Å²) in [5.74, 6) is 1.33. The van der Waals surface area contributed by atoms with Crippen LogP contribution < -0.4 is 10.1 Å². The molecular formula is C15H17N3O2. The zero-order chi connectivity index (χ0) is 14.4. The number of nitrogens with one attached hydrogen (secondary N) is 1. The molecule has 0 saturated heterocycles. The number of carbonyl (C=O) groups excluding carboxylic acids is 1. The molecular weight excluding hydrogens is 254 g/mol. The van der Waals surface area contributed by atoms with E-state index < -0.39 is 0 Å². The molecule has 1 heterocycles. The molecule has 0 radical (unpaired) electrons. The fourth-order valence-electron chi connectivity index (χ4n) is 1.64. The lowest BCUT2D eigenvalue weighted by atomic mass is 10.3. The van der Waals surface area contributed by atoms with Gasteiger partial charge >= 0.3 is 0 Å². The molecule has 1 N–H and O–H groups in total. The smallest absolute Gasteiger partial charge is 0.238 e. The van der Waals surface area contributed by atoms with Crippen LogP contribution in [0, 0.1) is 0 Å². The van der Waals surface area contributed by atoms with Crippen molar-refractivity contribution in [2.75, 3.05) is 26.0 Å². The lowest BCUT2D eigenvalue weighted by Crippen LogP contribution is -2.26. The van der Waals surface area contributed by atoms with Gasteiger partial charge < -0.3 is 15.0 Å². The first-order valence-corrected chi connectivity index (χ1v) is 6.26. The maximum absolute atomic E-state index is 11.6. The van der Waals surface area contributed by atoms with E-state index in [1.165, 1.54) is 0 Å². The van der Waals surface area contributed by atoms with Crippen LogP contribution in [-0.2, 0) is 4.79 Å². The number of benzene rings is 1. The number of amides is 1. The van der Waals surface area contributed by atoms with Gasteiger partial charge in [0.05, 0.1) is 12.7 Å². The van der Waals surface area contributed by atoms with Crippen LogP contribution in [0.3, 0.4) is 0 Å². The Morgan fingerprint density at radius 2 is 1.95 bits per heavy atom. The minimum atomic E-state index is -0.0454. The summed E-state index contributed by atoms with van der Waals surface area (Å²) >= 11 is 0. The molecule has 5 nitrogen and oxygen atoms in total. The summed E-state index contributed by atoms with van der Waals surface area (Å²) < 4.78 is 5.62. The van der Waals surface area contributed by atoms with Gasteiger partial charge in [-0.25, -0.2) is 0 Å². The molecule has 2 aromatic rings. The number of aromatic nitrogens is 1. The largest absolute Gasteiger partial charge is 0.456 e. The van der Waals surface area contributed by atoms with Gasteiger partial charge in [0.25, 0.3) is 0 Å². The van der Waals surface area contributed by atoms with Crippen molar-refractivity contribution >= 4 is 11.6 Å². The highest BCUT2D eigenvalue weighted by Gasteiger charge is 2.04. The normalized spacial score (nSPS) is 10.3. The second kappa shape index (κ2) is 6.68. The van der Waals surface area contributed by atoms with Crippen molar-refractivity contribution in [1.29, 1.82) is 0 Å². The Bertz CT molecular complexity index is 553. The lowest BCUT2D eigenvalue weighted by Gasteiger charge is -2.10. The number of likely N-dealkylation sites (N-methyl/N-ethyl adjacent to an activating group) is 1. The van der Waals surface area contributed by atoms with E-state index in [0.717, 1.165) is 5.69 Å². The molecule has 1 aromatic heterocycles. The maximum Gasteiger partial charge on any atom is 0.238 e. The van der Waals surface area contributed by atoms with E-state index in [-0.39, 0.29) is 5.91 Å². The summed E-state index contributed by atoms with van der Waals surface area (Å²) in [4.78, 5) is 17.4. The topological polar surface area (TPSA) is 54.5 Å².